The van der Waals surface area contributed by atoms with Crippen molar-refractivity contribution < 1.29 is 9.53 Å². The van der Waals surface area contributed by atoms with Crippen LogP contribution in [0.4, 0.5) is 5.69 Å². The predicted molar refractivity (Wildman–Crippen MR) is 76.3 cm³/mol. The van der Waals surface area contributed by atoms with E-state index in [0.717, 1.165) is 6.42 Å². The summed E-state index contributed by atoms with van der Waals surface area (Å²) in [5, 5.41) is 3.09. The van der Waals surface area contributed by atoms with Crippen LogP contribution in [-0.4, -0.2) is 18.6 Å². The van der Waals surface area contributed by atoms with Crippen molar-refractivity contribution in [1.29, 1.82) is 0 Å². The second-order valence-corrected chi connectivity index (χ2v) is 5.21. The molecule has 0 aromatic heterocycles. The first-order valence-electron chi connectivity index (χ1n) is 6.94. The summed E-state index contributed by atoms with van der Waals surface area (Å²) in [7, 11) is 0. The molecule has 1 aliphatic rings. The molecule has 1 saturated carbocycles. The fraction of sp³-hybridized carbons (Fsp3) is 0.533. The Morgan fingerprint density at radius 2 is 2.21 bits per heavy atom. The molecule has 4 heteroatoms. The third kappa shape index (κ3) is 3.40. The van der Waals surface area contributed by atoms with Gasteiger partial charge in [-0.15, -0.1) is 0 Å². The monoisotopic (exact) mass is 262 g/mol. The molecule has 0 radical (unpaired) electrons. The van der Waals surface area contributed by atoms with E-state index in [-0.39, 0.29) is 11.9 Å². The van der Waals surface area contributed by atoms with Gasteiger partial charge in [0, 0.05) is 23.4 Å². The van der Waals surface area contributed by atoms with Crippen LogP contribution in [0.2, 0.25) is 0 Å². The number of nitrogen functional groups attached to an aromatic ring is 1. The van der Waals surface area contributed by atoms with E-state index in [1.165, 1.54) is 12.8 Å². The van der Waals surface area contributed by atoms with E-state index >= 15 is 0 Å². The predicted octanol–water partition coefficient (Wildman–Crippen LogP) is 2.59. The Balaban J connectivity index is 2.09. The molecular weight excluding hydrogens is 240 g/mol. The van der Waals surface area contributed by atoms with Crippen LogP contribution in [0.15, 0.2) is 18.2 Å². The SMILES string of the molecule is CCOc1cc(N)cc(C(=O)NC2CCCC2C)c1. The van der Waals surface area contributed by atoms with Gasteiger partial charge in [-0.3, -0.25) is 4.79 Å². The lowest BCUT2D eigenvalue weighted by molar-refractivity contribution is 0.0929. The number of anilines is 1. The van der Waals surface area contributed by atoms with Crippen molar-refractivity contribution in [2.24, 2.45) is 5.92 Å². The number of rotatable bonds is 4. The summed E-state index contributed by atoms with van der Waals surface area (Å²) < 4.78 is 5.41. The Kier molecular flexibility index (Phi) is 4.30. The summed E-state index contributed by atoms with van der Waals surface area (Å²) in [6.07, 6.45) is 3.44. The van der Waals surface area contributed by atoms with Crippen molar-refractivity contribution >= 4 is 11.6 Å². The van der Waals surface area contributed by atoms with Crippen LogP contribution in [0.3, 0.4) is 0 Å². The molecule has 1 amide bonds. The molecule has 3 N–H and O–H groups in total. The molecule has 0 saturated heterocycles. The van der Waals surface area contributed by atoms with Crippen molar-refractivity contribution in [2.45, 2.75) is 39.2 Å². The Morgan fingerprint density at radius 3 is 2.84 bits per heavy atom. The largest absolute Gasteiger partial charge is 0.494 e. The molecule has 0 spiro atoms. The third-order valence-corrected chi connectivity index (χ3v) is 3.68. The third-order valence-electron chi connectivity index (χ3n) is 3.68. The van der Waals surface area contributed by atoms with Gasteiger partial charge in [0.05, 0.1) is 6.61 Å². The lowest BCUT2D eigenvalue weighted by Crippen LogP contribution is -2.36. The van der Waals surface area contributed by atoms with Gasteiger partial charge in [-0.25, -0.2) is 0 Å². The molecule has 0 bridgehead atoms. The van der Waals surface area contributed by atoms with Gasteiger partial charge in [0.2, 0.25) is 0 Å². The number of hydrogen-bond donors (Lipinski definition) is 2. The number of nitrogens with one attached hydrogen (secondary N) is 1. The zero-order valence-corrected chi connectivity index (χ0v) is 11.6. The van der Waals surface area contributed by atoms with Crippen LogP contribution in [0, 0.1) is 5.92 Å². The second-order valence-electron chi connectivity index (χ2n) is 5.21. The summed E-state index contributed by atoms with van der Waals surface area (Å²) in [6, 6.07) is 5.45. The molecule has 1 aliphatic carbocycles. The maximum atomic E-state index is 12.2. The van der Waals surface area contributed by atoms with Crippen LogP contribution in [0.25, 0.3) is 0 Å². The average Bonchev–Trinajstić information content (AvgIpc) is 2.75. The van der Waals surface area contributed by atoms with Crippen molar-refractivity contribution in [2.75, 3.05) is 12.3 Å². The maximum absolute atomic E-state index is 12.2. The van der Waals surface area contributed by atoms with Gasteiger partial charge in [0.1, 0.15) is 5.75 Å². The molecular formula is C15H22N2O2. The minimum absolute atomic E-state index is 0.0630. The number of carbonyl (C=O) groups is 1. The number of nitrogens with two attached hydrogens (primary N) is 1. The highest BCUT2D eigenvalue weighted by Gasteiger charge is 2.25. The van der Waals surface area contributed by atoms with Gasteiger partial charge in [0.25, 0.3) is 5.91 Å². The molecule has 19 heavy (non-hydrogen) atoms. The number of carbonyl (C=O) groups excluding carboxylic acids is 1. The normalized spacial score (nSPS) is 22.2. The fourth-order valence-corrected chi connectivity index (χ4v) is 2.61. The van der Waals surface area contributed by atoms with Gasteiger partial charge in [-0.2, -0.15) is 0 Å². The highest BCUT2D eigenvalue weighted by molar-refractivity contribution is 5.95. The van der Waals surface area contributed by atoms with Gasteiger partial charge in [-0.1, -0.05) is 13.3 Å². The molecule has 2 atom stereocenters. The van der Waals surface area contributed by atoms with Crippen LogP contribution in [0.5, 0.6) is 5.75 Å². The zero-order valence-electron chi connectivity index (χ0n) is 11.6. The first-order valence-corrected chi connectivity index (χ1v) is 6.94. The van der Waals surface area contributed by atoms with E-state index in [1.807, 2.05) is 6.92 Å². The molecule has 104 valence electrons. The molecule has 1 aromatic carbocycles. The highest BCUT2D eigenvalue weighted by atomic mass is 16.5. The first kappa shape index (κ1) is 13.7. The molecule has 0 aliphatic heterocycles. The Labute approximate surface area is 114 Å². The Bertz CT molecular complexity index is 459. The zero-order chi connectivity index (χ0) is 13.8. The number of ether oxygens (including phenoxy) is 1. The lowest BCUT2D eigenvalue weighted by Gasteiger charge is -2.17. The summed E-state index contributed by atoms with van der Waals surface area (Å²) >= 11 is 0. The van der Waals surface area contributed by atoms with Crippen LogP contribution >= 0.6 is 0 Å². The summed E-state index contributed by atoms with van der Waals surface area (Å²) in [4.78, 5) is 12.2. The van der Waals surface area contributed by atoms with Gasteiger partial charge < -0.3 is 15.8 Å². The fourth-order valence-electron chi connectivity index (χ4n) is 2.61. The summed E-state index contributed by atoms with van der Waals surface area (Å²) in [5.74, 6) is 1.13. The van der Waals surface area contributed by atoms with E-state index in [1.54, 1.807) is 18.2 Å². The standard InChI is InChI=1S/C15H22N2O2/c1-3-19-13-8-11(7-12(16)9-13)15(18)17-14-6-4-5-10(14)2/h7-10,14H,3-6,16H2,1-2H3,(H,17,18). The maximum Gasteiger partial charge on any atom is 0.251 e. The molecule has 4 nitrogen and oxygen atoms in total. The molecule has 1 aromatic rings. The topological polar surface area (TPSA) is 64.3 Å². The highest BCUT2D eigenvalue weighted by Crippen LogP contribution is 2.25. The van der Waals surface area contributed by atoms with E-state index < -0.39 is 0 Å². The number of hydrogen-bond acceptors (Lipinski definition) is 3. The van der Waals surface area contributed by atoms with Crippen LogP contribution in [0.1, 0.15) is 43.5 Å². The number of amides is 1. The Morgan fingerprint density at radius 1 is 1.42 bits per heavy atom. The van der Waals surface area contributed by atoms with E-state index in [4.69, 9.17) is 10.5 Å². The smallest absolute Gasteiger partial charge is 0.251 e. The molecule has 2 unspecified atom stereocenters. The minimum atomic E-state index is -0.0630. The van der Waals surface area contributed by atoms with E-state index in [9.17, 15) is 4.79 Å². The van der Waals surface area contributed by atoms with E-state index in [0.29, 0.717) is 29.5 Å². The quantitative estimate of drug-likeness (QED) is 0.820. The van der Waals surface area contributed by atoms with Crippen molar-refractivity contribution in [1.82, 2.24) is 5.32 Å². The first-order chi connectivity index (χ1) is 9.10. The van der Waals surface area contributed by atoms with E-state index in [2.05, 4.69) is 12.2 Å². The van der Waals surface area contributed by atoms with Gasteiger partial charge >= 0.3 is 0 Å². The molecule has 1 fully saturated rings. The van der Waals surface area contributed by atoms with Crippen LogP contribution < -0.4 is 15.8 Å². The van der Waals surface area contributed by atoms with Gasteiger partial charge in [0.15, 0.2) is 0 Å². The van der Waals surface area contributed by atoms with Crippen molar-refractivity contribution in [3.63, 3.8) is 0 Å². The molecule has 0 heterocycles. The molecule has 2 rings (SSSR count). The Hall–Kier alpha value is -1.71. The summed E-state index contributed by atoms with van der Waals surface area (Å²) in [5.41, 5.74) is 6.93. The number of benzene rings is 1. The summed E-state index contributed by atoms with van der Waals surface area (Å²) in [6.45, 7) is 4.65. The average molecular weight is 262 g/mol. The minimum Gasteiger partial charge on any atom is -0.494 e. The second kappa shape index (κ2) is 5.95. The lowest BCUT2D eigenvalue weighted by atomic mass is 10.1. The van der Waals surface area contributed by atoms with Crippen LogP contribution in [-0.2, 0) is 0 Å². The van der Waals surface area contributed by atoms with Crippen molar-refractivity contribution in [3.05, 3.63) is 23.8 Å². The van der Waals surface area contributed by atoms with Crippen molar-refractivity contribution in [3.8, 4) is 5.75 Å². The van der Waals surface area contributed by atoms with Gasteiger partial charge in [-0.05, 0) is 37.8 Å².